The van der Waals surface area contributed by atoms with Crippen LogP contribution in [-0.2, 0) is 4.74 Å². The molecule has 2 heterocycles. The van der Waals surface area contributed by atoms with E-state index in [2.05, 4.69) is 22.1 Å². The number of aliphatic imine (C=N–C) groups is 1. The van der Waals surface area contributed by atoms with Crippen molar-refractivity contribution in [2.24, 2.45) is 10.7 Å². The Bertz CT molecular complexity index is 643. The third kappa shape index (κ3) is 6.41. The van der Waals surface area contributed by atoms with Crippen molar-refractivity contribution >= 4 is 12.3 Å². The van der Waals surface area contributed by atoms with E-state index in [1.54, 1.807) is 11.1 Å². The van der Waals surface area contributed by atoms with Crippen LogP contribution in [0.2, 0.25) is 0 Å². The van der Waals surface area contributed by atoms with Gasteiger partial charge in [-0.25, -0.2) is 4.79 Å². The molecule has 28 heavy (non-hydrogen) atoms. The van der Waals surface area contributed by atoms with Crippen molar-refractivity contribution in [1.29, 1.82) is 0 Å². The van der Waals surface area contributed by atoms with Crippen LogP contribution in [0.15, 0.2) is 40.8 Å². The average Bonchev–Trinajstić information content (AvgIpc) is 2.70. The first-order chi connectivity index (χ1) is 13.4. The summed E-state index contributed by atoms with van der Waals surface area (Å²) in [7, 11) is 0. The van der Waals surface area contributed by atoms with Gasteiger partial charge < -0.3 is 20.7 Å². The zero-order valence-corrected chi connectivity index (χ0v) is 17.6. The lowest BCUT2D eigenvalue weighted by atomic mass is 10.0. The molecule has 2 aliphatic rings. The summed E-state index contributed by atoms with van der Waals surface area (Å²) in [6, 6.07) is 0. The van der Waals surface area contributed by atoms with Gasteiger partial charge in [0, 0.05) is 32.4 Å². The maximum Gasteiger partial charge on any atom is 0.410 e. The zero-order valence-electron chi connectivity index (χ0n) is 17.6. The summed E-state index contributed by atoms with van der Waals surface area (Å²) in [4.78, 5) is 21.2. The Morgan fingerprint density at radius 3 is 2.75 bits per heavy atom. The second-order valence-electron chi connectivity index (χ2n) is 7.94. The van der Waals surface area contributed by atoms with Gasteiger partial charge in [-0.1, -0.05) is 13.3 Å². The minimum absolute atomic E-state index is 0.00834. The average molecular weight is 390 g/mol. The van der Waals surface area contributed by atoms with Gasteiger partial charge in [-0.15, -0.1) is 0 Å². The van der Waals surface area contributed by atoms with Crippen LogP contribution in [0.5, 0.6) is 0 Å². The summed E-state index contributed by atoms with van der Waals surface area (Å²) < 4.78 is 5.75. The first kappa shape index (κ1) is 22.0. The fourth-order valence-electron chi connectivity index (χ4n) is 3.21. The summed E-state index contributed by atoms with van der Waals surface area (Å²) in [6.45, 7) is 10.8. The summed E-state index contributed by atoms with van der Waals surface area (Å²) in [5, 5.41) is 3.36. The van der Waals surface area contributed by atoms with Crippen LogP contribution in [0.25, 0.3) is 0 Å². The Hall–Kier alpha value is -2.28. The van der Waals surface area contributed by atoms with Gasteiger partial charge >= 0.3 is 6.09 Å². The molecule has 0 bridgehead atoms. The molecular weight excluding hydrogens is 354 g/mol. The highest BCUT2D eigenvalue weighted by molar-refractivity contribution is 5.78. The molecular formula is C21H35N5O2. The number of nitrogens with one attached hydrogen (secondary N) is 1. The molecule has 2 rings (SSSR count). The van der Waals surface area contributed by atoms with Crippen molar-refractivity contribution in [3.63, 3.8) is 0 Å². The van der Waals surface area contributed by atoms with Gasteiger partial charge in [-0.2, -0.15) is 0 Å². The molecule has 1 unspecified atom stereocenters. The van der Waals surface area contributed by atoms with Gasteiger partial charge in [0.05, 0.1) is 5.70 Å². The molecule has 0 radical (unpaired) electrons. The summed E-state index contributed by atoms with van der Waals surface area (Å²) >= 11 is 0. The predicted octanol–water partition coefficient (Wildman–Crippen LogP) is 2.97. The minimum atomic E-state index is -0.418. The molecule has 0 aromatic rings. The van der Waals surface area contributed by atoms with Gasteiger partial charge in [-0.05, 0) is 63.7 Å². The summed E-state index contributed by atoms with van der Waals surface area (Å²) in [5.41, 5.74) is 6.94. The molecule has 1 saturated heterocycles. The molecule has 0 aromatic heterocycles. The topological polar surface area (TPSA) is 83.2 Å². The molecule has 7 nitrogen and oxygen atoms in total. The SMILES string of the molecule is CCCCC(C)(C)OC(=O)N1CCN(C2NC=CC=C2N=CC(C)=CN)CC1. The number of rotatable bonds is 7. The van der Waals surface area contributed by atoms with E-state index in [1.807, 2.05) is 39.1 Å². The van der Waals surface area contributed by atoms with E-state index in [1.165, 1.54) is 6.20 Å². The molecule has 1 atom stereocenters. The Morgan fingerprint density at radius 2 is 2.11 bits per heavy atom. The fraction of sp³-hybridized carbons (Fsp3) is 0.619. The highest BCUT2D eigenvalue weighted by atomic mass is 16.6. The van der Waals surface area contributed by atoms with Crippen molar-refractivity contribution < 1.29 is 9.53 Å². The van der Waals surface area contributed by atoms with Crippen molar-refractivity contribution in [2.75, 3.05) is 26.2 Å². The molecule has 0 saturated carbocycles. The van der Waals surface area contributed by atoms with E-state index in [4.69, 9.17) is 10.5 Å². The second-order valence-corrected chi connectivity index (χ2v) is 7.94. The van der Waals surface area contributed by atoms with Crippen LogP contribution in [-0.4, -0.2) is 60.1 Å². The maximum absolute atomic E-state index is 12.5. The van der Waals surface area contributed by atoms with Crippen LogP contribution in [0.4, 0.5) is 4.79 Å². The first-order valence-corrected chi connectivity index (χ1v) is 10.1. The molecule has 7 heteroatoms. The summed E-state index contributed by atoms with van der Waals surface area (Å²) in [5.74, 6) is 0. The largest absolute Gasteiger partial charge is 0.443 e. The van der Waals surface area contributed by atoms with Crippen molar-refractivity contribution in [1.82, 2.24) is 15.1 Å². The van der Waals surface area contributed by atoms with E-state index < -0.39 is 5.60 Å². The summed E-state index contributed by atoms with van der Waals surface area (Å²) in [6.07, 6.45) is 12.0. The highest BCUT2D eigenvalue weighted by Crippen LogP contribution is 2.21. The lowest BCUT2D eigenvalue weighted by Gasteiger charge is -2.40. The van der Waals surface area contributed by atoms with Crippen LogP contribution in [0, 0.1) is 0 Å². The van der Waals surface area contributed by atoms with Crippen LogP contribution < -0.4 is 11.1 Å². The molecule has 1 amide bonds. The van der Waals surface area contributed by atoms with Crippen molar-refractivity contribution in [2.45, 2.75) is 58.7 Å². The minimum Gasteiger partial charge on any atom is -0.443 e. The van der Waals surface area contributed by atoms with E-state index in [-0.39, 0.29) is 12.3 Å². The monoisotopic (exact) mass is 389 g/mol. The quantitative estimate of drug-likeness (QED) is 0.654. The third-order valence-corrected chi connectivity index (χ3v) is 5.01. The van der Waals surface area contributed by atoms with Crippen LogP contribution in [0.1, 0.15) is 47.0 Å². The number of nitrogens with zero attached hydrogens (tertiary/aromatic N) is 3. The molecule has 1 fully saturated rings. The van der Waals surface area contributed by atoms with Crippen LogP contribution >= 0.6 is 0 Å². The third-order valence-electron chi connectivity index (χ3n) is 5.01. The number of hydrogen-bond acceptors (Lipinski definition) is 6. The smallest absolute Gasteiger partial charge is 0.410 e. The number of carbonyl (C=O) groups excluding carboxylic acids is 1. The number of dihydropyridines is 1. The standard InChI is InChI=1S/C21H35N5O2/c1-5-6-9-21(3,4)28-20(27)26-13-11-25(12-14-26)19-18(8-7-10-23-19)24-16-17(2)15-22/h7-8,10,15-16,19,23H,5-6,9,11-14,22H2,1-4H3. The Morgan fingerprint density at radius 1 is 1.39 bits per heavy atom. The van der Waals surface area contributed by atoms with Gasteiger partial charge in [0.15, 0.2) is 0 Å². The number of amides is 1. The van der Waals surface area contributed by atoms with Crippen molar-refractivity contribution in [3.8, 4) is 0 Å². The zero-order chi connectivity index (χ0) is 20.6. The predicted molar refractivity (Wildman–Crippen MR) is 114 cm³/mol. The van der Waals surface area contributed by atoms with E-state index in [0.717, 1.165) is 43.6 Å². The number of allylic oxidation sites excluding steroid dienone is 3. The number of ether oxygens (including phenoxy) is 1. The van der Waals surface area contributed by atoms with Gasteiger partial charge in [-0.3, -0.25) is 9.89 Å². The first-order valence-electron chi connectivity index (χ1n) is 10.1. The van der Waals surface area contributed by atoms with Gasteiger partial charge in [0.1, 0.15) is 11.8 Å². The molecule has 156 valence electrons. The number of piperazine rings is 1. The number of hydrogen-bond donors (Lipinski definition) is 2. The van der Waals surface area contributed by atoms with Crippen LogP contribution in [0.3, 0.4) is 0 Å². The number of carbonyl (C=O) groups is 1. The Labute approximate surface area is 169 Å². The fourth-order valence-corrected chi connectivity index (χ4v) is 3.21. The maximum atomic E-state index is 12.5. The highest BCUT2D eigenvalue weighted by Gasteiger charge is 2.31. The number of nitrogens with two attached hydrogens (primary N) is 1. The van der Waals surface area contributed by atoms with Crippen molar-refractivity contribution in [3.05, 3.63) is 35.8 Å². The van der Waals surface area contributed by atoms with E-state index in [9.17, 15) is 4.79 Å². The molecule has 3 N–H and O–H groups in total. The molecule has 0 aromatic carbocycles. The van der Waals surface area contributed by atoms with Gasteiger partial charge in [0.25, 0.3) is 0 Å². The van der Waals surface area contributed by atoms with E-state index >= 15 is 0 Å². The van der Waals surface area contributed by atoms with Gasteiger partial charge in [0.2, 0.25) is 0 Å². The Balaban J connectivity index is 1.90. The Kier molecular flexibility index (Phi) is 8.11. The molecule has 2 aliphatic heterocycles. The lowest BCUT2D eigenvalue weighted by Crippen LogP contribution is -2.56. The second kappa shape index (κ2) is 10.3. The molecule has 0 spiro atoms. The van der Waals surface area contributed by atoms with E-state index in [0.29, 0.717) is 13.1 Å². The normalized spacial score (nSPS) is 21.6. The number of unbranched alkanes of at least 4 members (excludes halogenated alkanes) is 1. The molecule has 0 aliphatic carbocycles. The lowest BCUT2D eigenvalue weighted by molar-refractivity contribution is -0.00361.